The molecule has 0 saturated carbocycles. The lowest BCUT2D eigenvalue weighted by Gasteiger charge is -2.16. The molecule has 1 aliphatic heterocycles. The van der Waals surface area contributed by atoms with Gasteiger partial charge in [-0.2, -0.15) is 9.40 Å². The molecule has 3 heterocycles. The van der Waals surface area contributed by atoms with Crippen LogP contribution < -0.4 is 0 Å². The van der Waals surface area contributed by atoms with Crippen molar-refractivity contribution in [3.05, 3.63) is 60.7 Å². The molecule has 7 nitrogen and oxygen atoms in total. The predicted molar refractivity (Wildman–Crippen MR) is 96.8 cm³/mol. The van der Waals surface area contributed by atoms with Crippen LogP contribution in [0.5, 0.6) is 0 Å². The molecule has 4 rings (SSSR count). The molecule has 1 aliphatic rings. The van der Waals surface area contributed by atoms with Gasteiger partial charge in [-0.05, 0) is 25.5 Å². The fraction of sp³-hybridized carbons (Fsp3) is 0.278. The average molecular weight is 369 g/mol. The smallest absolute Gasteiger partial charge is 0.244 e. The average Bonchev–Trinajstić information content (AvgIpc) is 3.30. The third kappa shape index (κ3) is 3.02. The molecule has 0 radical (unpaired) electrons. The summed E-state index contributed by atoms with van der Waals surface area (Å²) in [6, 6.07) is 13.0. The highest BCUT2D eigenvalue weighted by Crippen LogP contribution is 2.28. The Bertz CT molecular complexity index is 1000. The summed E-state index contributed by atoms with van der Waals surface area (Å²) in [5.41, 5.74) is 0.951. The molecule has 1 saturated heterocycles. The molecular formula is C18H19N5O2S. The number of nitrogens with zero attached hydrogens (tertiary/aromatic N) is 5. The fourth-order valence-electron chi connectivity index (χ4n) is 3.23. The van der Waals surface area contributed by atoms with E-state index in [-0.39, 0.29) is 10.9 Å². The monoisotopic (exact) mass is 369 g/mol. The van der Waals surface area contributed by atoms with E-state index in [0.29, 0.717) is 25.3 Å². The van der Waals surface area contributed by atoms with Crippen molar-refractivity contribution in [3.63, 3.8) is 0 Å². The molecule has 134 valence electrons. The van der Waals surface area contributed by atoms with E-state index >= 15 is 0 Å². The molecule has 3 aromatic rings. The second-order valence-electron chi connectivity index (χ2n) is 6.29. The van der Waals surface area contributed by atoms with Crippen LogP contribution in [0.3, 0.4) is 0 Å². The minimum atomic E-state index is -3.53. The molecule has 0 N–H and O–H groups in total. The Kier molecular flexibility index (Phi) is 4.29. The SMILES string of the molecule is Cc1nc(-c2ccccc2)nn1C1CCN(S(=O)(=O)c2cccnc2)C1. The van der Waals surface area contributed by atoms with Gasteiger partial charge in [-0.1, -0.05) is 30.3 Å². The van der Waals surface area contributed by atoms with Crippen LogP contribution in [0.25, 0.3) is 11.4 Å². The van der Waals surface area contributed by atoms with Crippen LogP contribution in [-0.4, -0.2) is 45.6 Å². The zero-order valence-electron chi connectivity index (χ0n) is 14.4. The highest BCUT2D eigenvalue weighted by Gasteiger charge is 2.34. The molecule has 0 aliphatic carbocycles. The number of sulfonamides is 1. The maximum atomic E-state index is 12.8. The van der Waals surface area contributed by atoms with Crippen LogP contribution >= 0.6 is 0 Å². The molecule has 0 spiro atoms. The van der Waals surface area contributed by atoms with Gasteiger partial charge >= 0.3 is 0 Å². The van der Waals surface area contributed by atoms with E-state index in [1.165, 1.54) is 10.5 Å². The Morgan fingerprint density at radius 3 is 2.65 bits per heavy atom. The summed E-state index contributed by atoms with van der Waals surface area (Å²) in [6.07, 6.45) is 3.66. The molecule has 0 amide bonds. The Hall–Kier alpha value is -2.58. The number of hydrogen-bond acceptors (Lipinski definition) is 5. The van der Waals surface area contributed by atoms with E-state index in [2.05, 4.69) is 15.1 Å². The van der Waals surface area contributed by atoms with Crippen LogP contribution in [-0.2, 0) is 10.0 Å². The van der Waals surface area contributed by atoms with Gasteiger partial charge in [0.05, 0.1) is 6.04 Å². The van der Waals surface area contributed by atoms with Crippen molar-refractivity contribution >= 4 is 10.0 Å². The van der Waals surface area contributed by atoms with E-state index in [1.807, 2.05) is 41.9 Å². The first kappa shape index (κ1) is 16.9. The van der Waals surface area contributed by atoms with Gasteiger partial charge in [0.2, 0.25) is 10.0 Å². The summed E-state index contributed by atoms with van der Waals surface area (Å²) in [5, 5.41) is 4.62. The Balaban J connectivity index is 1.57. The quantitative estimate of drug-likeness (QED) is 0.705. The van der Waals surface area contributed by atoms with E-state index in [0.717, 1.165) is 11.4 Å². The molecule has 8 heteroatoms. The Morgan fingerprint density at radius 1 is 1.12 bits per heavy atom. The first-order valence-electron chi connectivity index (χ1n) is 8.44. The number of benzene rings is 1. The first-order valence-corrected chi connectivity index (χ1v) is 9.88. The van der Waals surface area contributed by atoms with Crippen LogP contribution in [0.1, 0.15) is 18.3 Å². The standard InChI is InChI=1S/C18H19N5O2S/c1-14-20-18(15-6-3-2-4-7-15)21-23(14)16-9-11-22(13-16)26(24,25)17-8-5-10-19-12-17/h2-8,10,12,16H,9,11,13H2,1H3. The molecule has 2 aromatic heterocycles. The topological polar surface area (TPSA) is 81.0 Å². The lowest BCUT2D eigenvalue weighted by Crippen LogP contribution is -2.29. The maximum absolute atomic E-state index is 12.8. The largest absolute Gasteiger partial charge is 0.263 e. The zero-order chi connectivity index (χ0) is 18.1. The zero-order valence-corrected chi connectivity index (χ0v) is 15.2. The summed E-state index contributed by atoms with van der Waals surface area (Å²) in [4.78, 5) is 8.69. The van der Waals surface area contributed by atoms with Gasteiger partial charge in [-0.15, -0.1) is 0 Å². The van der Waals surface area contributed by atoms with Crippen molar-refractivity contribution < 1.29 is 8.42 Å². The van der Waals surface area contributed by atoms with Crippen molar-refractivity contribution in [1.29, 1.82) is 0 Å². The van der Waals surface area contributed by atoms with E-state index < -0.39 is 10.0 Å². The molecule has 1 atom stereocenters. The van der Waals surface area contributed by atoms with Gasteiger partial charge in [0, 0.05) is 31.0 Å². The summed E-state index contributed by atoms with van der Waals surface area (Å²) in [5.74, 6) is 1.45. The molecule has 26 heavy (non-hydrogen) atoms. The van der Waals surface area contributed by atoms with Crippen molar-refractivity contribution in [1.82, 2.24) is 24.1 Å². The van der Waals surface area contributed by atoms with Crippen molar-refractivity contribution in [2.45, 2.75) is 24.3 Å². The third-order valence-electron chi connectivity index (χ3n) is 4.58. The van der Waals surface area contributed by atoms with Gasteiger partial charge in [0.25, 0.3) is 0 Å². The highest BCUT2D eigenvalue weighted by molar-refractivity contribution is 7.89. The highest BCUT2D eigenvalue weighted by atomic mass is 32.2. The minimum Gasteiger partial charge on any atom is -0.263 e. The van der Waals surface area contributed by atoms with Gasteiger partial charge < -0.3 is 0 Å². The summed E-state index contributed by atoms with van der Waals surface area (Å²) in [7, 11) is -3.53. The lowest BCUT2D eigenvalue weighted by molar-refractivity contribution is 0.429. The Labute approximate surface area is 152 Å². The van der Waals surface area contributed by atoms with Gasteiger partial charge in [0.15, 0.2) is 5.82 Å². The lowest BCUT2D eigenvalue weighted by atomic mass is 10.2. The maximum Gasteiger partial charge on any atom is 0.244 e. The van der Waals surface area contributed by atoms with Crippen molar-refractivity contribution in [3.8, 4) is 11.4 Å². The van der Waals surface area contributed by atoms with Gasteiger partial charge in [-0.25, -0.2) is 18.1 Å². The number of hydrogen-bond donors (Lipinski definition) is 0. The van der Waals surface area contributed by atoms with E-state index in [4.69, 9.17) is 0 Å². The minimum absolute atomic E-state index is 0.0218. The fourth-order valence-corrected chi connectivity index (χ4v) is 4.69. The van der Waals surface area contributed by atoms with E-state index in [9.17, 15) is 8.42 Å². The van der Waals surface area contributed by atoms with Gasteiger partial charge in [0.1, 0.15) is 10.7 Å². The van der Waals surface area contributed by atoms with Crippen LogP contribution in [0.15, 0.2) is 59.8 Å². The normalized spacial score (nSPS) is 18.3. The Morgan fingerprint density at radius 2 is 1.92 bits per heavy atom. The molecular weight excluding hydrogens is 350 g/mol. The molecule has 0 bridgehead atoms. The summed E-state index contributed by atoms with van der Waals surface area (Å²) < 4.78 is 28.9. The van der Waals surface area contributed by atoms with Crippen molar-refractivity contribution in [2.75, 3.05) is 13.1 Å². The second-order valence-corrected chi connectivity index (χ2v) is 8.23. The molecule has 1 aromatic carbocycles. The van der Waals surface area contributed by atoms with Gasteiger partial charge in [-0.3, -0.25) is 4.98 Å². The first-order chi connectivity index (χ1) is 12.6. The van der Waals surface area contributed by atoms with Crippen LogP contribution in [0.2, 0.25) is 0 Å². The predicted octanol–water partition coefficient (Wildman–Crippen LogP) is 2.28. The molecule has 1 fully saturated rings. The number of rotatable bonds is 4. The second kappa shape index (κ2) is 6.62. The van der Waals surface area contributed by atoms with Crippen LogP contribution in [0.4, 0.5) is 0 Å². The number of aromatic nitrogens is 4. The number of pyridine rings is 1. The summed E-state index contributed by atoms with van der Waals surface area (Å²) >= 11 is 0. The van der Waals surface area contributed by atoms with Crippen LogP contribution in [0, 0.1) is 6.92 Å². The van der Waals surface area contributed by atoms with E-state index in [1.54, 1.807) is 18.3 Å². The third-order valence-corrected chi connectivity index (χ3v) is 6.43. The summed E-state index contributed by atoms with van der Waals surface area (Å²) in [6.45, 7) is 2.75. The number of aryl methyl sites for hydroxylation is 1. The molecule has 1 unspecified atom stereocenters. The van der Waals surface area contributed by atoms with Crippen molar-refractivity contribution in [2.24, 2.45) is 0 Å².